The molecule has 0 aliphatic carbocycles. The zero-order valence-corrected chi connectivity index (χ0v) is 14.6. The van der Waals surface area contributed by atoms with E-state index in [0.717, 1.165) is 30.4 Å². The molecule has 0 bridgehead atoms. The lowest BCUT2D eigenvalue weighted by atomic mass is 10.1. The summed E-state index contributed by atoms with van der Waals surface area (Å²) in [6.45, 7) is 9.44. The molecule has 0 aliphatic heterocycles. The van der Waals surface area contributed by atoms with Crippen molar-refractivity contribution in [3.63, 3.8) is 0 Å². The topological polar surface area (TPSA) is 72.5 Å². The van der Waals surface area contributed by atoms with Gasteiger partial charge in [0.1, 0.15) is 5.76 Å². The SMILES string of the molecule is C=C(/C=C(\C)CCCC)OC(=O)NS(=O)(=O)c1ccc(C)cc1. The van der Waals surface area contributed by atoms with Gasteiger partial charge in [-0.1, -0.05) is 43.2 Å². The summed E-state index contributed by atoms with van der Waals surface area (Å²) in [5.41, 5.74) is 1.94. The van der Waals surface area contributed by atoms with Crippen molar-refractivity contribution in [3.05, 3.63) is 53.8 Å². The second-order valence-corrected chi connectivity index (χ2v) is 7.05. The molecule has 0 atom stereocenters. The highest BCUT2D eigenvalue weighted by atomic mass is 32.2. The summed E-state index contributed by atoms with van der Waals surface area (Å²) in [4.78, 5) is 11.7. The predicted octanol–water partition coefficient (Wildman–Crippen LogP) is 4.06. The minimum Gasteiger partial charge on any atom is -0.410 e. The Balaban J connectivity index is 2.65. The Morgan fingerprint density at radius 2 is 1.91 bits per heavy atom. The molecule has 0 saturated carbocycles. The van der Waals surface area contributed by atoms with Crippen LogP contribution in [0, 0.1) is 6.92 Å². The molecular formula is C17H23NO4S. The minimum atomic E-state index is -3.95. The Kier molecular flexibility index (Phi) is 7.03. The molecule has 1 aromatic rings. The molecular weight excluding hydrogens is 314 g/mol. The average Bonchev–Trinajstić information content (AvgIpc) is 2.44. The molecule has 1 aromatic carbocycles. The van der Waals surface area contributed by atoms with Crippen LogP contribution in [-0.4, -0.2) is 14.5 Å². The summed E-state index contributed by atoms with van der Waals surface area (Å²) in [5.74, 6) is 0.107. The third kappa shape index (κ3) is 6.69. The Hall–Kier alpha value is -2.08. The van der Waals surface area contributed by atoms with Crippen molar-refractivity contribution in [3.8, 4) is 0 Å². The second-order valence-electron chi connectivity index (χ2n) is 5.37. The summed E-state index contributed by atoms with van der Waals surface area (Å²) in [6.07, 6.45) is 3.53. The van der Waals surface area contributed by atoms with Gasteiger partial charge in [0, 0.05) is 0 Å². The van der Waals surface area contributed by atoms with Gasteiger partial charge in [0.2, 0.25) is 0 Å². The van der Waals surface area contributed by atoms with E-state index in [4.69, 9.17) is 4.74 Å². The number of hydrogen-bond acceptors (Lipinski definition) is 4. The number of allylic oxidation sites excluding steroid dienone is 2. The van der Waals surface area contributed by atoms with E-state index in [1.807, 2.05) is 18.6 Å². The van der Waals surface area contributed by atoms with Crippen LogP contribution in [0.4, 0.5) is 4.79 Å². The number of hydrogen-bond donors (Lipinski definition) is 1. The monoisotopic (exact) mass is 337 g/mol. The van der Waals surface area contributed by atoms with E-state index < -0.39 is 16.1 Å². The van der Waals surface area contributed by atoms with E-state index in [9.17, 15) is 13.2 Å². The number of rotatable bonds is 7. The van der Waals surface area contributed by atoms with Gasteiger partial charge in [-0.25, -0.2) is 17.9 Å². The molecule has 5 nitrogen and oxygen atoms in total. The Labute approximate surface area is 138 Å². The summed E-state index contributed by atoms with van der Waals surface area (Å²) in [6, 6.07) is 6.15. The number of carbonyl (C=O) groups excluding carboxylic acids is 1. The fourth-order valence-electron chi connectivity index (χ4n) is 1.86. The average molecular weight is 337 g/mol. The molecule has 0 unspecified atom stereocenters. The maximum Gasteiger partial charge on any atom is 0.426 e. The van der Waals surface area contributed by atoms with Crippen LogP contribution in [0.15, 0.2) is 53.1 Å². The summed E-state index contributed by atoms with van der Waals surface area (Å²) in [7, 11) is -3.95. The number of benzene rings is 1. The number of aryl methyl sites for hydroxylation is 1. The molecule has 1 N–H and O–H groups in total. The van der Waals surface area contributed by atoms with Crippen LogP contribution in [0.2, 0.25) is 0 Å². The Bertz CT molecular complexity index is 688. The van der Waals surface area contributed by atoms with Gasteiger partial charge in [-0.3, -0.25) is 0 Å². The Morgan fingerprint density at radius 3 is 2.48 bits per heavy atom. The second kappa shape index (κ2) is 8.53. The molecule has 0 aliphatic rings. The van der Waals surface area contributed by atoms with Crippen LogP contribution in [0.1, 0.15) is 38.7 Å². The first kappa shape index (κ1) is 19.0. The van der Waals surface area contributed by atoms with Crippen molar-refractivity contribution >= 4 is 16.1 Å². The quantitative estimate of drug-likeness (QED) is 0.601. The Morgan fingerprint density at radius 1 is 1.30 bits per heavy atom. The van der Waals surface area contributed by atoms with Gasteiger partial charge in [0.05, 0.1) is 4.90 Å². The summed E-state index contributed by atoms with van der Waals surface area (Å²) < 4.78 is 30.8. The maximum atomic E-state index is 12.0. The predicted molar refractivity (Wildman–Crippen MR) is 90.4 cm³/mol. The van der Waals surface area contributed by atoms with Crippen molar-refractivity contribution in [2.75, 3.05) is 0 Å². The van der Waals surface area contributed by atoms with Gasteiger partial charge in [0.15, 0.2) is 0 Å². The molecule has 126 valence electrons. The molecule has 0 heterocycles. The third-order valence-electron chi connectivity index (χ3n) is 3.10. The number of ether oxygens (including phenoxy) is 1. The maximum absolute atomic E-state index is 12.0. The number of nitrogens with one attached hydrogen (secondary N) is 1. The zero-order chi connectivity index (χ0) is 17.5. The van der Waals surface area contributed by atoms with Crippen LogP contribution >= 0.6 is 0 Å². The largest absolute Gasteiger partial charge is 0.426 e. The molecule has 0 fully saturated rings. The van der Waals surface area contributed by atoms with Gasteiger partial charge in [-0.15, -0.1) is 0 Å². The molecule has 1 rings (SSSR count). The number of unbranched alkanes of at least 4 members (excludes halogenated alkanes) is 1. The van der Waals surface area contributed by atoms with Crippen LogP contribution in [0.25, 0.3) is 0 Å². The standard InChI is InChI=1S/C17H23NO4S/c1-5-6-7-14(3)12-15(4)22-17(19)18-23(20,21)16-10-8-13(2)9-11-16/h8-12H,4-7H2,1-3H3,(H,18,19)/b14-12+. The van der Waals surface area contributed by atoms with Crippen molar-refractivity contribution < 1.29 is 17.9 Å². The smallest absolute Gasteiger partial charge is 0.410 e. The highest BCUT2D eigenvalue weighted by molar-refractivity contribution is 7.90. The third-order valence-corrected chi connectivity index (χ3v) is 4.43. The van der Waals surface area contributed by atoms with E-state index in [0.29, 0.717) is 0 Å². The highest BCUT2D eigenvalue weighted by Crippen LogP contribution is 2.12. The van der Waals surface area contributed by atoms with Gasteiger partial charge in [-0.05, 0) is 44.9 Å². The van der Waals surface area contributed by atoms with Crippen molar-refractivity contribution in [2.24, 2.45) is 0 Å². The molecule has 6 heteroatoms. The van der Waals surface area contributed by atoms with Crippen LogP contribution in [0.5, 0.6) is 0 Å². The summed E-state index contributed by atoms with van der Waals surface area (Å²) >= 11 is 0. The van der Waals surface area contributed by atoms with E-state index in [1.165, 1.54) is 12.1 Å². The normalized spacial score (nSPS) is 11.9. The molecule has 0 radical (unpaired) electrons. The molecule has 0 aromatic heterocycles. The van der Waals surface area contributed by atoms with Crippen LogP contribution in [0.3, 0.4) is 0 Å². The van der Waals surface area contributed by atoms with Gasteiger partial charge >= 0.3 is 6.09 Å². The fraction of sp³-hybridized carbons (Fsp3) is 0.353. The molecule has 23 heavy (non-hydrogen) atoms. The van der Waals surface area contributed by atoms with Crippen molar-refractivity contribution in [2.45, 2.75) is 44.9 Å². The van der Waals surface area contributed by atoms with Crippen molar-refractivity contribution in [1.82, 2.24) is 4.72 Å². The number of carbonyl (C=O) groups is 1. The van der Waals surface area contributed by atoms with Crippen molar-refractivity contribution in [1.29, 1.82) is 0 Å². The first-order chi connectivity index (χ1) is 10.7. The lowest BCUT2D eigenvalue weighted by Gasteiger charge is -2.08. The highest BCUT2D eigenvalue weighted by Gasteiger charge is 2.18. The van der Waals surface area contributed by atoms with Gasteiger partial charge in [0.25, 0.3) is 10.0 Å². The number of amides is 1. The lowest BCUT2D eigenvalue weighted by molar-refractivity contribution is 0.186. The fourth-order valence-corrected chi connectivity index (χ4v) is 2.73. The van der Waals surface area contributed by atoms with E-state index >= 15 is 0 Å². The number of sulfonamides is 1. The molecule has 1 amide bonds. The molecule has 0 saturated heterocycles. The minimum absolute atomic E-state index is 0.000306. The lowest BCUT2D eigenvalue weighted by Crippen LogP contribution is -2.30. The van der Waals surface area contributed by atoms with Crippen LogP contribution in [-0.2, 0) is 14.8 Å². The van der Waals surface area contributed by atoms with Gasteiger partial charge in [-0.2, -0.15) is 0 Å². The van der Waals surface area contributed by atoms with E-state index in [1.54, 1.807) is 18.2 Å². The molecule has 0 spiro atoms. The summed E-state index contributed by atoms with van der Waals surface area (Å²) in [5, 5.41) is 0. The van der Waals surface area contributed by atoms with Crippen LogP contribution < -0.4 is 4.72 Å². The first-order valence-corrected chi connectivity index (χ1v) is 8.90. The van der Waals surface area contributed by atoms with E-state index in [2.05, 4.69) is 13.5 Å². The van der Waals surface area contributed by atoms with E-state index in [-0.39, 0.29) is 10.7 Å². The van der Waals surface area contributed by atoms with Gasteiger partial charge < -0.3 is 4.74 Å². The zero-order valence-electron chi connectivity index (χ0n) is 13.8. The first-order valence-electron chi connectivity index (χ1n) is 7.42.